The van der Waals surface area contributed by atoms with Gasteiger partial charge in [0.25, 0.3) is 5.91 Å². The molecule has 1 aromatic carbocycles. The van der Waals surface area contributed by atoms with Crippen LogP contribution < -0.4 is 0 Å². The Morgan fingerprint density at radius 2 is 2.17 bits per heavy atom. The van der Waals surface area contributed by atoms with Crippen molar-refractivity contribution in [3.63, 3.8) is 0 Å². The van der Waals surface area contributed by atoms with Gasteiger partial charge in [0.05, 0.1) is 12.1 Å². The minimum Gasteiger partial charge on any atom is -0.480 e. The van der Waals surface area contributed by atoms with Crippen molar-refractivity contribution >= 4 is 39.4 Å². The average molecular weight is 331 g/mol. The third kappa shape index (κ3) is 3.76. The normalized spacial score (nSPS) is 9.61. The molecule has 0 spiro atoms. The zero-order valence-corrected chi connectivity index (χ0v) is 11.5. The van der Waals surface area contributed by atoms with Gasteiger partial charge in [0, 0.05) is 9.50 Å². The Bertz CT molecular complexity index is 525. The van der Waals surface area contributed by atoms with Gasteiger partial charge in [-0.25, -0.2) is 0 Å². The van der Waals surface area contributed by atoms with Crippen LogP contribution in [0.5, 0.6) is 0 Å². The van der Waals surface area contributed by atoms with Gasteiger partial charge >= 0.3 is 5.97 Å². The van der Waals surface area contributed by atoms with Gasteiger partial charge in [-0.3, -0.25) is 9.59 Å². The highest BCUT2D eigenvalue weighted by molar-refractivity contribution is 9.10. The molecule has 0 radical (unpaired) electrons. The molecule has 18 heavy (non-hydrogen) atoms. The smallest absolute Gasteiger partial charge is 0.323 e. The second kappa shape index (κ2) is 6.43. The van der Waals surface area contributed by atoms with Gasteiger partial charge in [0.2, 0.25) is 0 Å². The Hall–Kier alpha value is -1.51. The maximum Gasteiger partial charge on any atom is 0.323 e. The predicted octanol–water partition coefficient (Wildman–Crippen LogP) is 2.26. The van der Waals surface area contributed by atoms with Crippen LogP contribution in [0.15, 0.2) is 22.7 Å². The maximum atomic E-state index is 12.1. The molecule has 4 nitrogen and oxygen atoms in total. The number of hydrogen-bond donors (Lipinski definition) is 1. The number of aliphatic carboxylic acids is 1. The Morgan fingerprint density at radius 3 is 2.72 bits per heavy atom. The lowest BCUT2D eigenvalue weighted by Gasteiger charge is -2.18. The van der Waals surface area contributed by atoms with Crippen LogP contribution in [0, 0.1) is 12.3 Å². The number of hydrogen-bond acceptors (Lipinski definition) is 2. The largest absolute Gasteiger partial charge is 0.480 e. The summed E-state index contributed by atoms with van der Waals surface area (Å²) in [6.07, 6.45) is 5.11. The second-order valence-corrected chi connectivity index (χ2v) is 4.67. The lowest BCUT2D eigenvalue weighted by molar-refractivity contribution is -0.137. The van der Waals surface area contributed by atoms with Gasteiger partial charge in [-0.05, 0) is 34.1 Å². The Balaban J connectivity index is 3.05. The molecular weight excluding hydrogens is 321 g/mol. The standard InChI is InChI=1S/C12H9BrClNO3/c1-2-5-15(7-11(16)17)12(18)9-6-8(14)3-4-10(9)13/h1,3-4,6H,5,7H2,(H,16,17). The van der Waals surface area contributed by atoms with Crippen LogP contribution in [0.4, 0.5) is 0 Å². The number of benzene rings is 1. The molecule has 1 rings (SSSR count). The molecule has 0 aromatic heterocycles. The molecule has 0 atom stereocenters. The molecule has 0 aliphatic heterocycles. The molecule has 0 aliphatic rings. The van der Waals surface area contributed by atoms with E-state index in [1.54, 1.807) is 12.1 Å². The summed E-state index contributed by atoms with van der Waals surface area (Å²) in [6, 6.07) is 4.69. The van der Waals surface area contributed by atoms with Crippen LogP contribution in [0.3, 0.4) is 0 Å². The van der Waals surface area contributed by atoms with E-state index >= 15 is 0 Å². The summed E-state index contributed by atoms with van der Waals surface area (Å²) in [5, 5.41) is 9.12. The number of terminal acetylenes is 1. The van der Waals surface area contributed by atoms with E-state index in [0.29, 0.717) is 9.50 Å². The number of nitrogens with zero attached hydrogens (tertiary/aromatic N) is 1. The third-order valence-corrected chi connectivity index (χ3v) is 2.98. The second-order valence-electron chi connectivity index (χ2n) is 3.38. The van der Waals surface area contributed by atoms with E-state index in [9.17, 15) is 9.59 Å². The van der Waals surface area contributed by atoms with E-state index in [4.69, 9.17) is 23.1 Å². The van der Waals surface area contributed by atoms with Crippen molar-refractivity contribution in [3.05, 3.63) is 33.3 Å². The zero-order valence-electron chi connectivity index (χ0n) is 9.19. The van der Waals surface area contributed by atoms with Crippen molar-refractivity contribution in [2.75, 3.05) is 13.1 Å². The monoisotopic (exact) mass is 329 g/mol. The predicted molar refractivity (Wildman–Crippen MR) is 71.5 cm³/mol. The van der Waals surface area contributed by atoms with Gasteiger partial charge in [-0.2, -0.15) is 0 Å². The summed E-state index contributed by atoms with van der Waals surface area (Å²) in [5.41, 5.74) is 0.277. The number of carbonyl (C=O) groups is 2. The van der Waals surface area contributed by atoms with Crippen LogP contribution in [-0.4, -0.2) is 35.0 Å². The third-order valence-electron chi connectivity index (χ3n) is 2.05. The highest BCUT2D eigenvalue weighted by Gasteiger charge is 2.20. The number of amides is 1. The van der Waals surface area contributed by atoms with Crippen LogP contribution >= 0.6 is 27.5 Å². The van der Waals surface area contributed by atoms with Crippen molar-refractivity contribution in [1.29, 1.82) is 0 Å². The van der Waals surface area contributed by atoms with E-state index < -0.39 is 18.4 Å². The quantitative estimate of drug-likeness (QED) is 0.862. The number of halogens is 2. The summed E-state index contributed by atoms with van der Waals surface area (Å²) in [7, 11) is 0. The fourth-order valence-corrected chi connectivity index (χ4v) is 1.89. The SMILES string of the molecule is C#CCN(CC(=O)O)C(=O)c1cc(Cl)ccc1Br. The summed E-state index contributed by atoms with van der Waals surface area (Å²) in [4.78, 5) is 23.8. The molecular formula is C12H9BrClNO3. The molecule has 1 aromatic rings. The minimum absolute atomic E-state index is 0.0793. The molecule has 0 unspecified atom stereocenters. The zero-order chi connectivity index (χ0) is 13.7. The molecule has 1 amide bonds. The molecule has 0 fully saturated rings. The topological polar surface area (TPSA) is 57.6 Å². The fourth-order valence-electron chi connectivity index (χ4n) is 1.30. The van der Waals surface area contributed by atoms with Gasteiger partial charge in [-0.1, -0.05) is 17.5 Å². The van der Waals surface area contributed by atoms with Crippen LogP contribution in [-0.2, 0) is 4.79 Å². The highest BCUT2D eigenvalue weighted by atomic mass is 79.9. The van der Waals surface area contributed by atoms with Gasteiger partial charge in [-0.15, -0.1) is 6.42 Å². The molecule has 6 heteroatoms. The highest BCUT2D eigenvalue weighted by Crippen LogP contribution is 2.22. The maximum absolute atomic E-state index is 12.1. The summed E-state index contributed by atoms with van der Waals surface area (Å²) < 4.78 is 0.532. The average Bonchev–Trinajstić information content (AvgIpc) is 2.30. The molecule has 0 aliphatic carbocycles. The van der Waals surface area contributed by atoms with Crippen LogP contribution in [0.1, 0.15) is 10.4 Å². The summed E-state index contributed by atoms with van der Waals surface area (Å²) in [5.74, 6) is 0.642. The van der Waals surface area contributed by atoms with E-state index in [-0.39, 0.29) is 12.1 Å². The summed E-state index contributed by atoms with van der Waals surface area (Å²) >= 11 is 9.01. The first-order valence-corrected chi connectivity index (χ1v) is 6.02. The fraction of sp³-hybridized carbons (Fsp3) is 0.167. The number of rotatable bonds is 4. The van der Waals surface area contributed by atoms with Gasteiger partial charge < -0.3 is 10.0 Å². The van der Waals surface area contributed by atoms with E-state index in [2.05, 4.69) is 21.9 Å². The number of carboxylic acids is 1. The minimum atomic E-state index is -1.13. The van der Waals surface area contributed by atoms with Gasteiger partial charge in [0.1, 0.15) is 6.54 Å². The first kappa shape index (κ1) is 14.6. The van der Waals surface area contributed by atoms with Crippen molar-refractivity contribution < 1.29 is 14.7 Å². The van der Waals surface area contributed by atoms with Crippen molar-refractivity contribution in [2.24, 2.45) is 0 Å². The molecule has 0 saturated heterocycles. The van der Waals surface area contributed by atoms with E-state index in [0.717, 1.165) is 4.90 Å². The lowest BCUT2D eigenvalue weighted by Crippen LogP contribution is -2.36. The Labute approximate surface area is 118 Å². The number of carbonyl (C=O) groups excluding carboxylic acids is 1. The lowest BCUT2D eigenvalue weighted by atomic mass is 10.2. The van der Waals surface area contributed by atoms with E-state index in [1.807, 2.05) is 0 Å². The molecule has 94 valence electrons. The summed E-state index contributed by atoms with van der Waals surface area (Å²) in [6.45, 7) is -0.536. The molecule has 0 heterocycles. The van der Waals surface area contributed by atoms with Gasteiger partial charge in [0.15, 0.2) is 0 Å². The Kier molecular flexibility index (Phi) is 5.20. The Morgan fingerprint density at radius 1 is 1.50 bits per heavy atom. The van der Waals surface area contributed by atoms with E-state index in [1.165, 1.54) is 6.07 Å². The van der Waals surface area contributed by atoms with Crippen LogP contribution in [0.2, 0.25) is 5.02 Å². The van der Waals surface area contributed by atoms with Crippen molar-refractivity contribution in [2.45, 2.75) is 0 Å². The molecule has 0 saturated carbocycles. The van der Waals surface area contributed by atoms with Crippen molar-refractivity contribution in [1.82, 2.24) is 4.90 Å². The molecule has 0 bridgehead atoms. The molecule has 1 N–H and O–H groups in total. The van der Waals surface area contributed by atoms with Crippen molar-refractivity contribution in [3.8, 4) is 12.3 Å². The van der Waals surface area contributed by atoms with Crippen LogP contribution in [0.25, 0.3) is 0 Å². The number of carboxylic acid groups (broad SMARTS) is 1. The first-order chi connectivity index (χ1) is 8.45. The first-order valence-electron chi connectivity index (χ1n) is 4.85.